The van der Waals surface area contributed by atoms with Gasteiger partial charge in [-0.1, -0.05) is 11.6 Å². The molecule has 166 valence electrons. The highest BCUT2D eigenvalue weighted by Crippen LogP contribution is 2.32. The second-order valence-electron chi connectivity index (χ2n) is 8.98. The maximum absolute atomic E-state index is 14.5. The molecule has 2 aliphatic heterocycles. The lowest BCUT2D eigenvalue weighted by Crippen LogP contribution is -2.47. The standard InChI is InChI=1S/C23H28ClFN4O2/c24-15-6-7-18(25)20(11-15)29-19-5-1-4-17(19)22(27-29)23(30)28-9-2-3-14(13-28)21-12-16(26)8-10-31-21/h6-7,11,14,16,21H,1-5,8-10,12-13,26H2. The molecule has 3 atom stereocenters. The number of ether oxygens (including phenoxy) is 1. The average molecular weight is 447 g/mol. The first-order valence-electron chi connectivity index (χ1n) is 11.2. The molecule has 0 spiro atoms. The SMILES string of the molecule is NC1CCOC(C2CCCN(C(=O)c3nn(-c4cc(Cl)ccc4F)c4c3CCC4)C2)C1. The lowest BCUT2D eigenvalue weighted by molar-refractivity contribution is -0.0440. The van der Waals surface area contributed by atoms with Gasteiger partial charge in [-0.2, -0.15) is 5.10 Å². The van der Waals surface area contributed by atoms with E-state index < -0.39 is 5.82 Å². The molecule has 2 aromatic rings. The van der Waals surface area contributed by atoms with Gasteiger partial charge in [0.05, 0.1) is 6.10 Å². The molecule has 0 radical (unpaired) electrons. The molecule has 1 aliphatic carbocycles. The molecule has 3 heterocycles. The Morgan fingerprint density at radius 2 is 2.13 bits per heavy atom. The summed E-state index contributed by atoms with van der Waals surface area (Å²) in [5, 5.41) is 5.05. The molecule has 6 nitrogen and oxygen atoms in total. The van der Waals surface area contributed by atoms with E-state index >= 15 is 0 Å². The van der Waals surface area contributed by atoms with Crippen molar-refractivity contribution in [3.05, 3.63) is 46.0 Å². The number of carbonyl (C=O) groups is 1. The molecule has 2 N–H and O–H groups in total. The van der Waals surface area contributed by atoms with E-state index in [0.29, 0.717) is 42.0 Å². The Morgan fingerprint density at radius 3 is 2.97 bits per heavy atom. The minimum Gasteiger partial charge on any atom is -0.378 e. The third kappa shape index (κ3) is 3.99. The molecule has 1 amide bonds. The van der Waals surface area contributed by atoms with E-state index in [0.717, 1.165) is 56.2 Å². The van der Waals surface area contributed by atoms with E-state index in [9.17, 15) is 9.18 Å². The van der Waals surface area contributed by atoms with Crippen LogP contribution < -0.4 is 5.73 Å². The van der Waals surface area contributed by atoms with Crippen molar-refractivity contribution >= 4 is 17.5 Å². The highest BCUT2D eigenvalue weighted by molar-refractivity contribution is 6.30. The van der Waals surface area contributed by atoms with Crippen molar-refractivity contribution in [3.63, 3.8) is 0 Å². The van der Waals surface area contributed by atoms with Crippen molar-refractivity contribution in [1.82, 2.24) is 14.7 Å². The zero-order valence-electron chi connectivity index (χ0n) is 17.5. The van der Waals surface area contributed by atoms with Gasteiger partial charge in [0.2, 0.25) is 0 Å². The van der Waals surface area contributed by atoms with Gasteiger partial charge in [0.1, 0.15) is 11.5 Å². The van der Waals surface area contributed by atoms with Crippen LogP contribution in [0.5, 0.6) is 0 Å². The van der Waals surface area contributed by atoms with Gasteiger partial charge < -0.3 is 15.4 Å². The second-order valence-corrected chi connectivity index (χ2v) is 9.42. The fraction of sp³-hybridized carbons (Fsp3) is 0.565. The van der Waals surface area contributed by atoms with Crippen LogP contribution in [0.4, 0.5) is 4.39 Å². The smallest absolute Gasteiger partial charge is 0.274 e. The molecule has 8 heteroatoms. The minimum absolute atomic E-state index is 0.0656. The minimum atomic E-state index is -0.399. The number of rotatable bonds is 3. The van der Waals surface area contributed by atoms with Crippen molar-refractivity contribution in [2.75, 3.05) is 19.7 Å². The fourth-order valence-electron chi connectivity index (χ4n) is 5.29. The predicted molar refractivity (Wildman–Crippen MR) is 116 cm³/mol. The predicted octanol–water partition coefficient (Wildman–Crippen LogP) is 3.51. The number of carbonyl (C=O) groups excluding carboxylic acids is 1. The lowest BCUT2D eigenvalue weighted by atomic mass is 9.87. The van der Waals surface area contributed by atoms with Gasteiger partial charge in [0.25, 0.3) is 5.91 Å². The van der Waals surface area contributed by atoms with Crippen LogP contribution in [-0.2, 0) is 17.6 Å². The molecule has 2 saturated heterocycles. The molecule has 1 aromatic heterocycles. The largest absolute Gasteiger partial charge is 0.378 e. The molecule has 0 saturated carbocycles. The zero-order chi connectivity index (χ0) is 21.5. The summed E-state index contributed by atoms with van der Waals surface area (Å²) in [6.07, 6.45) is 6.35. The molecular weight excluding hydrogens is 419 g/mol. The third-order valence-electron chi connectivity index (χ3n) is 6.90. The van der Waals surface area contributed by atoms with Gasteiger partial charge in [0.15, 0.2) is 5.69 Å². The summed E-state index contributed by atoms with van der Waals surface area (Å²) < 4.78 is 22.1. The molecule has 3 unspecified atom stereocenters. The highest BCUT2D eigenvalue weighted by Gasteiger charge is 2.36. The first-order valence-corrected chi connectivity index (χ1v) is 11.6. The van der Waals surface area contributed by atoms with Crippen molar-refractivity contribution in [2.24, 2.45) is 11.7 Å². The summed E-state index contributed by atoms with van der Waals surface area (Å²) in [5.74, 6) is -0.168. The molecule has 5 rings (SSSR count). The Bertz CT molecular complexity index is 994. The molecule has 31 heavy (non-hydrogen) atoms. The number of nitrogens with zero attached hydrogens (tertiary/aromatic N) is 3. The van der Waals surface area contributed by atoms with E-state index in [1.807, 2.05) is 4.90 Å². The summed E-state index contributed by atoms with van der Waals surface area (Å²) in [6.45, 7) is 2.06. The van der Waals surface area contributed by atoms with E-state index in [1.165, 1.54) is 12.1 Å². The summed E-state index contributed by atoms with van der Waals surface area (Å²) in [4.78, 5) is 15.4. The average Bonchev–Trinajstić information content (AvgIpc) is 3.38. The van der Waals surface area contributed by atoms with Gasteiger partial charge in [0, 0.05) is 47.9 Å². The Balaban J connectivity index is 1.41. The monoisotopic (exact) mass is 446 g/mol. The first kappa shape index (κ1) is 20.9. The van der Waals surface area contributed by atoms with Crippen molar-refractivity contribution in [3.8, 4) is 5.69 Å². The zero-order valence-corrected chi connectivity index (χ0v) is 18.3. The van der Waals surface area contributed by atoms with Crippen molar-refractivity contribution in [1.29, 1.82) is 0 Å². The lowest BCUT2D eigenvalue weighted by Gasteiger charge is -2.39. The van der Waals surface area contributed by atoms with E-state index in [2.05, 4.69) is 5.10 Å². The number of halogens is 2. The molecule has 2 fully saturated rings. The topological polar surface area (TPSA) is 73.4 Å². The maximum atomic E-state index is 14.5. The quantitative estimate of drug-likeness (QED) is 0.783. The van der Waals surface area contributed by atoms with Crippen LogP contribution in [0.2, 0.25) is 5.02 Å². The highest BCUT2D eigenvalue weighted by atomic mass is 35.5. The Labute approximate surface area is 186 Å². The van der Waals surface area contributed by atoms with Crippen molar-refractivity contribution < 1.29 is 13.9 Å². The van der Waals surface area contributed by atoms with Gasteiger partial charge in [-0.25, -0.2) is 9.07 Å². The Kier molecular flexibility index (Phi) is 5.75. The Morgan fingerprint density at radius 1 is 1.26 bits per heavy atom. The Hall–Kier alpha value is -1.96. The number of fused-ring (bicyclic) bond motifs is 1. The number of benzene rings is 1. The van der Waals surface area contributed by atoms with Gasteiger partial charge in [-0.05, 0) is 63.1 Å². The van der Waals surface area contributed by atoms with Crippen LogP contribution in [0.1, 0.15) is 53.8 Å². The van der Waals surface area contributed by atoms with Crippen LogP contribution in [0.25, 0.3) is 5.69 Å². The third-order valence-corrected chi connectivity index (χ3v) is 7.13. The number of amides is 1. The van der Waals surface area contributed by atoms with Crippen LogP contribution in [-0.4, -0.2) is 52.4 Å². The van der Waals surface area contributed by atoms with Crippen LogP contribution >= 0.6 is 11.6 Å². The van der Waals surface area contributed by atoms with Gasteiger partial charge >= 0.3 is 0 Å². The van der Waals surface area contributed by atoms with Crippen LogP contribution in [0.3, 0.4) is 0 Å². The van der Waals surface area contributed by atoms with Gasteiger partial charge in [-0.3, -0.25) is 4.79 Å². The second kappa shape index (κ2) is 8.52. The molecule has 1 aromatic carbocycles. The maximum Gasteiger partial charge on any atom is 0.274 e. The summed E-state index contributed by atoms with van der Waals surface area (Å²) in [7, 11) is 0. The summed E-state index contributed by atoms with van der Waals surface area (Å²) in [6, 6.07) is 4.60. The number of piperidine rings is 1. The number of hydrogen-bond donors (Lipinski definition) is 1. The van der Waals surface area contributed by atoms with Crippen molar-refractivity contribution in [2.45, 2.75) is 57.1 Å². The molecular formula is C23H28ClFN4O2. The number of aromatic nitrogens is 2. The number of hydrogen-bond acceptors (Lipinski definition) is 4. The summed E-state index contributed by atoms with van der Waals surface area (Å²) in [5.41, 5.74) is 8.76. The van der Waals surface area contributed by atoms with Crippen LogP contribution in [0.15, 0.2) is 18.2 Å². The summed E-state index contributed by atoms with van der Waals surface area (Å²) >= 11 is 6.11. The molecule has 3 aliphatic rings. The van der Waals surface area contributed by atoms with E-state index in [-0.39, 0.29) is 18.1 Å². The van der Waals surface area contributed by atoms with Gasteiger partial charge in [-0.15, -0.1) is 0 Å². The number of likely N-dealkylation sites (tertiary alicyclic amines) is 1. The first-order chi connectivity index (χ1) is 15.0. The number of nitrogens with two attached hydrogens (primary N) is 1. The normalized spacial score (nSPS) is 26.2. The fourth-order valence-corrected chi connectivity index (χ4v) is 5.45. The van der Waals surface area contributed by atoms with E-state index in [4.69, 9.17) is 22.1 Å². The van der Waals surface area contributed by atoms with Crippen LogP contribution in [0, 0.1) is 11.7 Å². The van der Waals surface area contributed by atoms with E-state index in [1.54, 1.807) is 10.7 Å². The molecule has 0 bridgehead atoms.